The summed E-state index contributed by atoms with van der Waals surface area (Å²) in [5.74, 6) is 1.03. The van der Waals surface area contributed by atoms with Crippen LogP contribution in [0.4, 0.5) is 0 Å². The van der Waals surface area contributed by atoms with Crippen LogP contribution in [0.5, 0.6) is 0 Å². The molecule has 0 amide bonds. The van der Waals surface area contributed by atoms with Gasteiger partial charge in [-0.3, -0.25) is 4.68 Å². The summed E-state index contributed by atoms with van der Waals surface area (Å²) >= 11 is 0. The van der Waals surface area contributed by atoms with Crippen molar-refractivity contribution in [1.82, 2.24) is 19.3 Å². The van der Waals surface area contributed by atoms with Crippen molar-refractivity contribution in [2.45, 2.75) is 25.9 Å². The molecule has 0 fully saturated rings. The van der Waals surface area contributed by atoms with Gasteiger partial charge in [0.2, 0.25) is 0 Å². The number of hydrogen-bond acceptors (Lipinski definition) is 3. The standard InChI is InChI=1S/C15H19N5/c1-3-20-14-7-5-4-6-13(14)18-15(20)8-12(16)11-9-17-19(2)10-11/h4-7,9-10,12H,3,8,16H2,1-2H3. The third-order valence-corrected chi connectivity index (χ3v) is 3.61. The first kappa shape index (κ1) is 12.9. The Morgan fingerprint density at radius 1 is 1.30 bits per heavy atom. The fraction of sp³-hybridized carbons (Fsp3) is 0.333. The second-order valence-electron chi connectivity index (χ2n) is 5.02. The molecule has 0 radical (unpaired) electrons. The summed E-state index contributed by atoms with van der Waals surface area (Å²) in [6, 6.07) is 8.12. The zero-order chi connectivity index (χ0) is 14.1. The number of fused-ring (bicyclic) bond motifs is 1. The average molecular weight is 269 g/mol. The fourth-order valence-corrected chi connectivity index (χ4v) is 2.58. The number of nitrogens with two attached hydrogens (primary N) is 1. The Labute approximate surface area is 118 Å². The highest BCUT2D eigenvalue weighted by Crippen LogP contribution is 2.20. The van der Waals surface area contributed by atoms with Crippen LogP contribution >= 0.6 is 0 Å². The number of imidazole rings is 1. The molecule has 2 heterocycles. The van der Waals surface area contributed by atoms with E-state index in [1.807, 2.05) is 37.6 Å². The summed E-state index contributed by atoms with van der Waals surface area (Å²) in [7, 11) is 1.90. The average Bonchev–Trinajstić information content (AvgIpc) is 3.01. The van der Waals surface area contributed by atoms with Crippen molar-refractivity contribution in [3.8, 4) is 0 Å². The number of nitrogens with zero attached hydrogens (tertiary/aromatic N) is 4. The fourth-order valence-electron chi connectivity index (χ4n) is 2.58. The molecule has 0 aliphatic heterocycles. The summed E-state index contributed by atoms with van der Waals surface area (Å²) in [6.07, 6.45) is 4.50. The van der Waals surface area contributed by atoms with Crippen LogP contribution in [0.25, 0.3) is 11.0 Å². The predicted octanol–water partition coefficient (Wildman–Crippen LogP) is 2.03. The van der Waals surface area contributed by atoms with E-state index in [9.17, 15) is 0 Å². The minimum atomic E-state index is -0.0780. The number of hydrogen-bond donors (Lipinski definition) is 1. The first-order valence-electron chi connectivity index (χ1n) is 6.87. The van der Waals surface area contributed by atoms with Gasteiger partial charge in [0.1, 0.15) is 5.82 Å². The van der Waals surface area contributed by atoms with Crippen LogP contribution in [0.2, 0.25) is 0 Å². The van der Waals surface area contributed by atoms with E-state index in [0.717, 1.165) is 23.4 Å². The zero-order valence-corrected chi connectivity index (χ0v) is 11.8. The predicted molar refractivity (Wildman–Crippen MR) is 79.2 cm³/mol. The summed E-state index contributed by atoms with van der Waals surface area (Å²) in [6.45, 7) is 3.03. The quantitative estimate of drug-likeness (QED) is 0.788. The molecular weight excluding hydrogens is 250 g/mol. The monoisotopic (exact) mass is 269 g/mol. The number of aryl methyl sites for hydroxylation is 2. The molecule has 3 aromatic rings. The normalized spacial score (nSPS) is 12.9. The van der Waals surface area contributed by atoms with Crippen molar-refractivity contribution in [3.63, 3.8) is 0 Å². The van der Waals surface area contributed by atoms with Crippen LogP contribution in [0.3, 0.4) is 0 Å². The molecule has 0 spiro atoms. The van der Waals surface area contributed by atoms with E-state index in [1.165, 1.54) is 5.52 Å². The molecule has 5 nitrogen and oxygen atoms in total. The Kier molecular flexibility index (Phi) is 3.28. The molecule has 0 saturated carbocycles. The maximum Gasteiger partial charge on any atom is 0.111 e. The van der Waals surface area contributed by atoms with Crippen molar-refractivity contribution in [1.29, 1.82) is 0 Å². The van der Waals surface area contributed by atoms with E-state index in [1.54, 1.807) is 4.68 Å². The highest BCUT2D eigenvalue weighted by molar-refractivity contribution is 5.75. The number of aromatic nitrogens is 4. The molecule has 3 rings (SSSR count). The molecule has 0 aliphatic carbocycles. The van der Waals surface area contributed by atoms with Gasteiger partial charge in [-0.05, 0) is 19.1 Å². The van der Waals surface area contributed by atoms with E-state index in [4.69, 9.17) is 10.7 Å². The number of rotatable bonds is 4. The van der Waals surface area contributed by atoms with Gasteiger partial charge in [-0.1, -0.05) is 12.1 Å². The molecule has 5 heteroatoms. The van der Waals surface area contributed by atoms with Gasteiger partial charge in [-0.2, -0.15) is 5.10 Å². The van der Waals surface area contributed by atoms with Gasteiger partial charge in [0, 0.05) is 37.8 Å². The first-order valence-corrected chi connectivity index (χ1v) is 6.87. The number of para-hydroxylation sites is 2. The molecule has 0 saturated heterocycles. The van der Waals surface area contributed by atoms with Crippen LogP contribution in [0.15, 0.2) is 36.7 Å². The highest BCUT2D eigenvalue weighted by Gasteiger charge is 2.15. The maximum atomic E-state index is 6.28. The van der Waals surface area contributed by atoms with Crippen LogP contribution in [0.1, 0.15) is 24.4 Å². The van der Waals surface area contributed by atoms with E-state index in [2.05, 4.69) is 22.7 Å². The van der Waals surface area contributed by atoms with Gasteiger partial charge in [0.15, 0.2) is 0 Å². The lowest BCUT2D eigenvalue weighted by atomic mass is 10.1. The lowest BCUT2D eigenvalue weighted by Crippen LogP contribution is -2.16. The van der Waals surface area contributed by atoms with Crippen LogP contribution in [-0.2, 0) is 20.0 Å². The van der Waals surface area contributed by atoms with E-state index < -0.39 is 0 Å². The van der Waals surface area contributed by atoms with Crippen molar-refractivity contribution < 1.29 is 0 Å². The SMILES string of the molecule is CCn1c(CC(N)c2cnn(C)c2)nc2ccccc21. The summed E-state index contributed by atoms with van der Waals surface area (Å²) in [5, 5.41) is 4.17. The third-order valence-electron chi connectivity index (χ3n) is 3.61. The van der Waals surface area contributed by atoms with Gasteiger partial charge in [0.05, 0.1) is 17.2 Å². The number of benzene rings is 1. The minimum Gasteiger partial charge on any atom is -0.328 e. The Morgan fingerprint density at radius 2 is 2.10 bits per heavy atom. The maximum absolute atomic E-state index is 6.28. The van der Waals surface area contributed by atoms with Gasteiger partial charge >= 0.3 is 0 Å². The molecule has 0 bridgehead atoms. The molecule has 0 aliphatic rings. The van der Waals surface area contributed by atoms with Gasteiger partial charge < -0.3 is 10.3 Å². The van der Waals surface area contributed by atoms with Gasteiger partial charge in [0.25, 0.3) is 0 Å². The van der Waals surface area contributed by atoms with Crippen molar-refractivity contribution in [2.75, 3.05) is 0 Å². The van der Waals surface area contributed by atoms with Crippen molar-refractivity contribution in [3.05, 3.63) is 48.0 Å². The molecule has 2 aromatic heterocycles. The molecule has 20 heavy (non-hydrogen) atoms. The molecule has 104 valence electrons. The van der Waals surface area contributed by atoms with Crippen LogP contribution in [0, 0.1) is 0 Å². The molecule has 1 unspecified atom stereocenters. The lowest BCUT2D eigenvalue weighted by Gasteiger charge is -2.11. The minimum absolute atomic E-state index is 0.0780. The second-order valence-corrected chi connectivity index (χ2v) is 5.02. The van der Waals surface area contributed by atoms with Crippen LogP contribution < -0.4 is 5.73 Å². The van der Waals surface area contributed by atoms with Crippen molar-refractivity contribution >= 4 is 11.0 Å². The lowest BCUT2D eigenvalue weighted by molar-refractivity contribution is 0.636. The van der Waals surface area contributed by atoms with Crippen molar-refractivity contribution in [2.24, 2.45) is 12.8 Å². The molecule has 1 atom stereocenters. The van der Waals surface area contributed by atoms with Gasteiger partial charge in [-0.25, -0.2) is 4.98 Å². The highest BCUT2D eigenvalue weighted by atomic mass is 15.2. The Balaban J connectivity index is 1.94. The third kappa shape index (κ3) is 2.20. The Hall–Kier alpha value is -2.14. The zero-order valence-electron chi connectivity index (χ0n) is 11.8. The topological polar surface area (TPSA) is 61.7 Å². The summed E-state index contributed by atoms with van der Waals surface area (Å²) < 4.78 is 4.00. The largest absolute Gasteiger partial charge is 0.328 e. The smallest absolute Gasteiger partial charge is 0.111 e. The van der Waals surface area contributed by atoms with Crippen LogP contribution in [-0.4, -0.2) is 19.3 Å². The first-order chi connectivity index (χ1) is 9.69. The summed E-state index contributed by atoms with van der Waals surface area (Å²) in [4.78, 5) is 4.71. The Morgan fingerprint density at radius 3 is 2.80 bits per heavy atom. The Bertz CT molecular complexity index is 725. The van der Waals surface area contributed by atoms with E-state index in [-0.39, 0.29) is 6.04 Å². The summed E-state index contributed by atoms with van der Waals surface area (Å²) in [5.41, 5.74) is 9.52. The molecular formula is C15H19N5. The second kappa shape index (κ2) is 5.09. The molecule has 2 N–H and O–H groups in total. The van der Waals surface area contributed by atoms with E-state index in [0.29, 0.717) is 6.42 Å². The van der Waals surface area contributed by atoms with Gasteiger partial charge in [-0.15, -0.1) is 0 Å². The molecule has 1 aromatic carbocycles. The van der Waals surface area contributed by atoms with E-state index >= 15 is 0 Å².